The molecule has 1 N–H and O–H groups in total. The van der Waals surface area contributed by atoms with E-state index < -0.39 is 4.92 Å². The second kappa shape index (κ2) is 8.31. The maximum atomic E-state index is 12.7. The summed E-state index contributed by atoms with van der Waals surface area (Å²) in [7, 11) is 0. The molecule has 1 aromatic rings. The first-order chi connectivity index (χ1) is 11.1. The average molecular weight is 337 g/mol. The zero-order valence-electron chi connectivity index (χ0n) is 13.6. The lowest BCUT2D eigenvalue weighted by atomic mass is 9.96. The minimum Gasteiger partial charge on any atom is -0.338 e. The highest BCUT2D eigenvalue weighted by molar-refractivity contribution is 7.98. The predicted octanol–water partition coefficient (Wildman–Crippen LogP) is 2.78. The number of likely N-dealkylation sites (tertiary alicyclic amines) is 1. The summed E-state index contributed by atoms with van der Waals surface area (Å²) >= 11 is 1.48. The van der Waals surface area contributed by atoms with Crippen LogP contribution in [0.3, 0.4) is 0 Å². The Morgan fingerprint density at radius 1 is 1.43 bits per heavy atom. The minimum absolute atomic E-state index is 0.109. The fourth-order valence-electron chi connectivity index (χ4n) is 2.83. The number of hydrogen-bond acceptors (Lipinski definition) is 5. The van der Waals surface area contributed by atoms with E-state index in [0.29, 0.717) is 19.0 Å². The van der Waals surface area contributed by atoms with Crippen LogP contribution >= 0.6 is 11.8 Å². The lowest BCUT2D eigenvalue weighted by Crippen LogP contribution is -2.41. The third-order valence-electron chi connectivity index (χ3n) is 4.22. The summed E-state index contributed by atoms with van der Waals surface area (Å²) in [5, 5.41) is 14.5. The molecule has 2 rings (SSSR count). The van der Waals surface area contributed by atoms with Gasteiger partial charge < -0.3 is 10.2 Å². The number of nitrogens with zero attached hydrogens (tertiary/aromatic N) is 2. The van der Waals surface area contributed by atoms with Crippen LogP contribution in [0.25, 0.3) is 0 Å². The van der Waals surface area contributed by atoms with Gasteiger partial charge in [-0.15, -0.1) is 11.8 Å². The van der Waals surface area contributed by atoms with Crippen LogP contribution < -0.4 is 5.32 Å². The van der Waals surface area contributed by atoms with Gasteiger partial charge in [-0.05, 0) is 50.2 Å². The molecule has 0 atom stereocenters. The minimum atomic E-state index is -0.477. The molecule has 0 saturated carbocycles. The van der Waals surface area contributed by atoms with Crippen molar-refractivity contribution in [2.45, 2.75) is 24.7 Å². The molecule has 0 unspecified atom stereocenters. The van der Waals surface area contributed by atoms with Gasteiger partial charge in [-0.25, -0.2) is 0 Å². The fraction of sp³-hybridized carbons (Fsp3) is 0.562. The van der Waals surface area contributed by atoms with Gasteiger partial charge in [0.1, 0.15) is 5.56 Å². The molecular formula is C16H23N3O3S. The molecule has 126 valence electrons. The van der Waals surface area contributed by atoms with Crippen LogP contribution in [0.1, 0.15) is 30.1 Å². The van der Waals surface area contributed by atoms with Gasteiger partial charge in [-0.2, -0.15) is 0 Å². The maximum Gasteiger partial charge on any atom is 0.282 e. The van der Waals surface area contributed by atoms with Crippen molar-refractivity contribution in [3.05, 3.63) is 33.9 Å². The van der Waals surface area contributed by atoms with Crippen LogP contribution in [0.2, 0.25) is 0 Å². The highest BCUT2D eigenvalue weighted by atomic mass is 32.2. The maximum absolute atomic E-state index is 12.7. The molecular weight excluding hydrogens is 314 g/mol. The van der Waals surface area contributed by atoms with Crippen LogP contribution in [0, 0.1) is 16.0 Å². The Hall–Kier alpha value is -1.60. The standard InChI is InChI=1S/C16H23N3O3S/c1-3-17-11-12-6-8-18(9-7-12)16(20)14-10-13(23-2)4-5-15(14)19(21)22/h4-5,10,12,17H,3,6-9,11H2,1-2H3. The van der Waals surface area contributed by atoms with Gasteiger partial charge in [-0.3, -0.25) is 14.9 Å². The summed E-state index contributed by atoms with van der Waals surface area (Å²) in [6.45, 7) is 5.33. The van der Waals surface area contributed by atoms with Crippen molar-refractivity contribution >= 4 is 23.4 Å². The first-order valence-corrected chi connectivity index (χ1v) is 9.11. The first kappa shape index (κ1) is 17.7. The van der Waals surface area contributed by atoms with Crippen molar-refractivity contribution in [2.24, 2.45) is 5.92 Å². The number of thioether (sulfide) groups is 1. The topological polar surface area (TPSA) is 75.5 Å². The van der Waals surface area contributed by atoms with Crippen LogP contribution in [-0.4, -0.2) is 48.2 Å². The summed E-state index contributed by atoms with van der Waals surface area (Å²) in [5.41, 5.74) is 0.0922. The Balaban J connectivity index is 2.10. The Kier molecular flexibility index (Phi) is 6.41. The van der Waals surface area contributed by atoms with Gasteiger partial charge in [0.25, 0.3) is 11.6 Å². The van der Waals surface area contributed by atoms with Gasteiger partial charge in [0.2, 0.25) is 0 Å². The number of nitro benzene ring substituents is 1. The smallest absolute Gasteiger partial charge is 0.282 e. The summed E-state index contributed by atoms with van der Waals surface area (Å²) in [4.78, 5) is 26.0. The lowest BCUT2D eigenvalue weighted by Gasteiger charge is -2.32. The van der Waals surface area contributed by atoms with E-state index in [1.165, 1.54) is 17.8 Å². The first-order valence-electron chi connectivity index (χ1n) is 7.89. The van der Waals surface area contributed by atoms with E-state index in [9.17, 15) is 14.9 Å². The zero-order valence-corrected chi connectivity index (χ0v) is 14.4. The normalized spacial score (nSPS) is 15.7. The zero-order chi connectivity index (χ0) is 16.8. The fourth-order valence-corrected chi connectivity index (χ4v) is 3.27. The third-order valence-corrected chi connectivity index (χ3v) is 4.94. The Morgan fingerprint density at radius 3 is 2.70 bits per heavy atom. The third kappa shape index (κ3) is 4.45. The predicted molar refractivity (Wildman–Crippen MR) is 92.0 cm³/mol. The number of nitro groups is 1. The van der Waals surface area contributed by atoms with Crippen molar-refractivity contribution in [1.82, 2.24) is 10.2 Å². The van der Waals surface area contributed by atoms with E-state index in [0.717, 1.165) is 30.8 Å². The van der Waals surface area contributed by atoms with Crippen molar-refractivity contribution in [1.29, 1.82) is 0 Å². The van der Waals surface area contributed by atoms with E-state index >= 15 is 0 Å². The highest BCUT2D eigenvalue weighted by Gasteiger charge is 2.28. The number of piperidine rings is 1. The molecule has 1 fully saturated rings. The second-order valence-electron chi connectivity index (χ2n) is 5.68. The van der Waals surface area contributed by atoms with E-state index in [1.54, 1.807) is 17.0 Å². The molecule has 0 aliphatic carbocycles. The number of amides is 1. The molecule has 23 heavy (non-hydrogen) atoms. The molecule has 0 aromatic heterocycles. The summed E-state index contributed by atoms with van der Waals surface area (Å²) in [6.07, 6.45) is 3.77. The van der Waals surface area contributed by atoms with E-state index in [4.69, 9.17) is 0 Å². The number of hydrogen-bond donors (Lipinski definition) is 1. The Labute approximate surface area is 140 Å². The second-order valence-corrected chi connectivity index (χ2v) is 6.56. The van der Waals surface area contributed by atoms with Crippen molar-refractivity contribution in [2.75, 3.05) is 32.4 Å². The largest absolute Gasteiger partial charge is 0.338 e. The number of carbonyl (C=O) groups excluding carboxylic acids is 1. The monoisotopic (exact) mass is 337 g/mol. The number of benzene rings is 1. The van der Waals surface area contributed by atoms with E-state index in [2.05, 4.69) is 12.2 Å². The highest BCUT2D eigenvalue weighted by Crippen LogP contribution is 2.27. The van der Waals surface area contributed by atoms with Crippen LogP contribution in [-0.2, 0) is 0 Å². The van der Waals surface area contributed by atoms with Crippen LogP contribution in [0.15, 0.2) is 23.1 Å². The van der Waals surface area contributed by atoms with Gasteiger partial charge in [0, 0.05) is 24.1 Å². The summed E-state index contributed by atoms with van der Waals surface area (Å²) in [6, 6.07) is 4.75. The molecule has 7 heteroatoms. The molecule has 6 nitrogen and oxygen atoms in total. The molecule has 0 spiro atoms. The average Bonchev–Trinajstić information content (AvgIpc) is 2.59. The van der Waals surface area contributed by atoms with Gasteiger partial charge in [0.15, 0.2) is 0 Å². The van der Waals surface area contributed by atoms with Gasteiger partial charge in [-0.1, -0.05) is 6.92 Å². The quantitative estimate of drug-likeness (QED) is 0.491. The molecule has 1 saturated heterocycles. The van der Waals surface area contributed by atoms with Gasteiger partial charge in [0.05, 0.1) is 4.92 Å². The molecule has 1 aromatic carbocycles. The summed E-state index contributed by atoms with van der Waals surface area (Å²) in [5.74, 6) is 0.348. The number of rotatable bonds is 6. The Morgan fingerprint density at radius 2 is 2.13 bits per heavy atom. The number of carbonyl (C=O) groups is 1. The molecule has 1 aliphatic rings. The van der Waals surface area contributed by atoms with Crippen molar-refractivity contribution < 1.29 is 9.72 Å². The molecule has 0 radical (unpaired) electrons. The van der Waals surface area contributed by atoms with Crippen molar-refractivity contribution in [3.63, 3.8) is 0 Å². The Bertz CT molecular complexity index is 572. The molecule has 1 amide bonds. The van der Waals surface area contributed by atoms with Crippen molar-refractivity contribution in [3.8, 4) is 0 Å². The van der Waals surface area contributed by atoms with Crippen LogP contribution in [0.4, 0.5) is 5.69 Å². The van der Waals surface area contributed by atoms with Crippen LogP contribution in [0.5, 0.6) is 0 Å². The van der Waals surface area contributed by atoms with E-state index in [1.807, 2.05) is 6.26 Å². The lowest BCUT2D eigenvalue weighted by molar-refractivity contribution is -0.385. The molecule has 1 heterocycles. The molecule has 0 bridgehead atoms. The molecule has 1 aliphatic heterocycles. The van der Waals surface area contributed by atoms with Gasteiger partial charge >= 0.3 is 0 Å². The van der Waals surface area contributed by atoms with E-state index in [-0.39, 0.29) is 17.2 Å². The SMILES string of the molecule is CCNCC1CCN(C(=O)c2cc(SC)ccc2[N+](=O)[O-])CC1. The number of nitrogens with one attached hydrogen (secondary N) is 1. The summed E-state index contributed by atoms with van der Waals surface area (Å²) < 4.78 is 0.